The Balaban J connectivity index is 2.00. The number of hydrogen-bond donors (Lipinski definition) is 2. The summed E-state index contributed by atoms with van der Waals surface area (Å²) in [4.78, 5) is 26.4. The summed E-state index contributed by atoms with van der Waals surface area (Å²) in [6.45, 7) is 3.11. The molecule has 122 valence electrons. The highest BCUT2D eigenvalue weighted by Crippen LogP contribution is 2.32. The van der Waals surface area contributed by atoms with Crippen LogP contribution < -0.4 is 5.63 Å². The molecule has 0 saturated carbocycles. The fraction of sp³-hybridized carbons (Fsp3) is 0.412. The third-order valence-electron chi connectivity index (χ3n) is 4.38. The van der Waals surface area contributed by atoms with E-state index < -0.39 is 5.63 Å². The molecule has 0 atom stereocenters. The zero-order valence-electron chi connectivity index (χ0n) is 13.0. The number of benzene rings is 1. The molecule has 0 unspecified atom stereocenters. The number of piperidine rings is 1. The minimum absolute atomic E-state index is 0.0373. The Bertz CT molecular complexity index is 818. The second-order valence-electron chi connectivity index (χ2n) is 5.95. The first-order valence-corrected chi connectivity index (χ1v) is 7.73. The zero-order chi connectivity index (χ0) is 16.6. The molecule has 0 aliphatic carbocycles. The van der Waals surface area contributed by atoms with E-state index in [0.717, 1.165) is 32.4 Å². The van der Waals surface area contributed by atoms with Crippen LogP contribution >= 0.6 is 0 Å². The van der Waals surface area contributed by atoms with E-state index in [1.165, 1.54) is 12.1 Å². The van der Waals surface area contributed by atoms with Gasteiger partial charge in [0.05, 0.1) is 17.4 Å². The van der Waals surface area contributed by atoms with Gasteiger partial charge in [-0.1, -0.05) is 0 Å². The monoisotopic (exact) mass is 317 g/mol. The smallest absolute Gasteiger partial charge is 0.340 e. The van der Waals surface area contributed by atoms with Crippen LogP contribution in [-0.2, 0) is 11.2 Å². The van der Waals surface area contributed by atoms with Gasteiger partial charge in [0, 0.05) is 25.2 Å². The van der Waals surface area contributed by atoms with Crippen LogP contribution in [0.5, 0.6) is 11.5 Å². The highest BCUT2D eigenvalue weighted by molar-refractivity contribution is 5.90. The molecule has 3 rings (SSSR count). The quantitative estimate of drug-likeness (QED) is 0.827. The number of phenolic OH excluding ortho intramolecular Hbond substituents is 2. The van der Waals surface area contributed by atoms with Gasteiger partial charge in [0.2, 0.25) is 5.91 Å². The summed E-state index contributed by atoms with van der Waals surface area (Å²) < 4.78 is 5.18. The molecule has 1 aromatic heterocycles. The highest BCUT2D eigenvalue weighted by Gasteiger charge is 2.22. The lowest BCUT2D eigenvalue weighted by atomic mass is 10.0. The SMILES string of the molecule is Cc1c(CC(=O)N2CCCCC2)c(=O)oc2cc(O)cc(O)c12. The second kappa shape index (κ2) is 5.95. The van der Waals surface area contributed by atoms with Crippen molar-refractivity contribution in [2.24, 2.45) is 0 Å². The first-order valence-electron chi connectivity index (χ1n) is 7.73. The molecule has 0 bridgehead atoms. The van der Waals surface area contributed by atoms with Crippen molar-refractivity contribution < 1.29 is 19.4 Å². The van der Waals surface area contributed by atoms with Gasteiger partial charge < -0.3 is 19.5 Å². The molecule has 6 nitrogen and oxygen atoms in total. The molecule has 1 fully saturated rings. The van der Waals surface area contributed by atoms with Crippen LogP contribution in [0.1, 0.15) is 30.4 Å². The summed E-state index contributed by atoms with van der Waals surface area (Å²) in [5.74, 6) is -0.458. The topological polar surface area (TPSA) is 91.0 Å². The average Bonchev–Trinajstić information content (AvgIpc) is 2.51. The first-order chi connectivity index (χ1) is 11.0. The second-order valence-corrected chi connectivity index (χ2v) is 5.95. The summed E-state index contributed by atoms with van der Waals surface area (Å²) in [5, 5.41) is 19.9. The molecule has 0 spiro atoms. The number of likely N-dealkylation sites (tertiary alicyclic amines) is 1. The van der Waals surface area contributed by atoms with E-state index in [1.54, 1.807) is 11.8 Å². The molecule has 2 heterocycles. The third-order valence-corrected chi connectivity index (χ3v) is 4.38. The van der Waals surface area contributed by atoms with Gasteiger partial charge in [0.25, 0.3) is 0 Å². The van der Waals surface area contributed by atoms with Crippen LogP contribution in [-0.4, -0.2) is 34.1 Å². The molecular weight excluding hydrogens is 298 g/mol. The fourth-order valence-electron chi connectivity index (χ4n) is 3.12. The molecule has 1 amide bonds. The van der Waals surface area contributed by atoms with Crippen LogP contribution in [0.3, 0.4) is 0 Å². The molecule has 2 N–H and O–H groups in total. The Kier molecular flexibility index (Phi) is 3.98. The van der Waals surface area contributed by atoms with E-state index in [9.17, 15) is 19.8 Å². The predicted octanol–water partition coefficient (Wildman–Crippen LogP) is 2.07. The molecular formula is C17H19NO5. The molecule has 23 heavy (non-hydrogen) atoms. The van der Waals surface area contributed by atoms with Crippen molar-refractivity contribution in [2.75, 3.05) is 13.1 Å². The van der Waals surface area contributed by atoms with Crippen LogP contribution in [0, 0.1) is 6.92 Å². The summed E-state index contributed by atoms with van der Waals surface area (Å²) in [6.07, 6.45) is 3.05. The number of carbonyl (C=O) groups excluding carboxylic acids is 1. The molecule has 1 saturated heterocycles. The lowest BCUT2D eigenvalue weighted by Gasteiger charge is -2.26. The lowest BCUT2D eigenvalue weighted by Crippen LogP contribution is -2.37. The fourth-order valence-corrected chi connectivity index (χ4v) is 3.12. The molecule has 6 heteroatoms. The minimum Gasteiger partial charge on any atom is -0.508 e. The Morgan fingerprint density at radius 3 is 2.61 bits per heavy atom. The van der Waals surface area contributed by atoms with Gasteiger partial charge in [-0.25, -0.2) is 4.79 Å². The number of rotatable bonds is 2. The van der Waals surface area contributed by atoms with Crippen LogP contribution in [0.4, 0.5) is 0 Å². The van der Waals surface area contributed by atoms with Crippen molar-refractivity contribution in [1.29, 1.82) is 0 Å². The van der Waals surface area contributed by atoms with E-state index in [2.05, 4.69) is 0 Å². The maximum absolute atomic E-state index is 12.4. The van der Waals surface area contributed by atoms with Crippen molar-refractivity contribution in [3.05, 3.63) is 33.7 Å². The largest absolute Gasteiger partial charge is 0.508 e. The van der Waals surface area contributed by atoms with Gasteiger partial charge in [0.15, 0.2) is 0 Å². The maximum atomic E-state index is 12.4. The Morgan fingerprint density at radius 2 is 1.91 bits per heavy atom. The normalized spacial score (nSPS) is 15.1. The molecule has 1 aliphatic rings. The minimum atomic E-state index is -0.606. The number of phenols is 2. The number of amides is 1. The van der Waals surface area contributed by atoms with E-state index in [-0.39, 0.29) is 35.0 Å². The standard InChI is InChI=1S/C17H19NO5/c1-10-12(9-15(21)18-5-3-2-4-6-18)17(22)23-14-8-11(19)7-13(20)16(10)14/h7-8,19-20H,2-6,9H2,1H3. The van der Waals surface area contributed by atoms with Crippen LogP contribution in [0.15, 0.2) is 21.3 Å². The first kappa shape index (κ1) is 15.4. The number of nitrogens with zero attached hydrogens (tertiary/aromatic N) is 1. The van der Waals surface area contributed by atoms with Crippen molar-refractivity contribution in [1.82, 2.24) is 4.90 Å². The zero-order valence-corrected chi connectivity index (χ0v) is 13.0. The number of carbonyl (C=O) groups is 1. The van der Waals surface area contributed by atoms with Crippen molar-refractivity contribution in [2.45, 2.75) is 32.6 Å². The molecule has 1 aromatic carbocycles. The van der Waals surface area contributed by atoms with Crippen LogP contribution in [0.2, 0.25) is 0 Å². The van der Waals surface area contributed by atoms with Gasteiger partial charge in [-0.15, -0.1) is 0 Å². The van der Waals surface area contributed by atoms with E-state index in [4.69, 9.17) is 4.42 Å². The lowest BCUT2D eigenvalue weighted by molar-refractivity contribution is -0.131. The number of fused-ring (bicyclic) bond motifs is 1. The molecule has 1 aliphatic heterocycles. The van der Waals surface area contributed by atoms with Crippen molar-refractivity contribution in [3.63, 3.8) is 0 Å². The summed E-state index contributed by atoms with van der Waals surface area (Å²) in [6, 6.07) is 2.46. The number of hydrogen-bond acceptors (Lipinski definition) is 5. The predicted molar refractivity (Wildman–Crippen MR) is 84.7 cm³/mol. The summed E-state index contributed by atoms with van der Waals surface area (Å²) in [5.41, 5.74) is 0.276. The Morgan fingerprint density at radius 1 is 1.22 bits per heavy atom. The Hall–Kier alpha value is -2.50. The summed E-state index contributed by atoms with van der Waals surface area (Å²) >= 11 is 0. The average molecular weight is 317 g/mol. The van der Waals surface area contributed by atoms with E-state index in [0.29, 0.717) is 10.9 Å². The van der Waals surface area contributed by atoms with Gasteiger partial charge in [-0.2, -0.15) is 0 Å². The molecule has 2 aromatic rings. The number of aryl methyl sites for hydroxylation is 1. The third kappa shape index (κ3) is 2.88. The van der Waals surface area contributed by atoms with Gasteiger partial charge in [-0.05, 0) is 31.7 Å². The van der Waals surface area contributed by atoms with E-state index >= 15 is 0 Å². The van der Waals surface area contributed by atoms with Crippen molar-refractivity contribution in [3.8, 4) is 11.5 Å². The van der Waals surface area contributed by atoms with Gasteiger partial charge >= 0.3 is 5.63 Å². The van der Waals surface area contributed by atoms with Crippen molar-refractivity contribution >= 4 is 16.9 Å². The van der Waals surface area contributed by atoms with Gasteiger partial charge in [-0.3, -0.25) is 4.79 Å². The van der Waals surface area contributed by atoms with Gasteiger partial charge in [0.1, 0.15) is 17.1 Å². The summed E-state index contributed by atoms with van der Waals surface area (Å²) in [7, 11) is 0. The van der Waals surface area contributed by atoms with E-state index in [1.807, 2.05) is 0 Å². The Labute approximate surface area is 133 Å². The number of aromatic hydroxyl groups is 2. The van der Waals surface area contributed by atoms with Crippen LogP contribution in [0.25, 0.3) is 11.0 Å². The molecule has 0 radical (unpaired) electrons. The highest BCUT2D eigenvalue weighted by atomic mass is 16.4. The maximum Gasteiger partial charge on any atom is 0.340 e.